The van der Waals surface area contributed by atoms with E-state index in [2.05, 4.69) is 33.1 Å². The number of hydrogen-bond donors (Lipinski definition) is 1. The number of hydrogen-bond acceptors (Lipinski definition) is 6. The van der Waals surface area contributed by atoms with Crippen molar-refractivity contribution >= 4 is 22.7 Å². The van der Waals surface area contributed by atoms with Crippen molar-refractivity contribution in [1.29, 1.82) is 0 Å². The molecule has 1 aliphatic rings. The summed E-state index contributed by atoms with van der Waals surface area (Å²) in [5.74, 6) is 1.99. The monoisotopic (exact) mass is 460 g/mol. The third-order valence-corrected chi connectivity index (χ3v) is 6.23. The summed E-state index contributed by atoms with van der Waals surface area (Å²) in [4.78, 5) is 9.47. The van der Waals surface area contributed by atoms with E-state index in [1.165, 1.54) is 5.56 Å². The summed E-state index contributed by atoms with van der Waals surface area (Å²) in [6.07, 6.45) is 10.2. The van der Waals surface area contributed by atoms with E-state index in [9.17, 15) is 0 Å². The topological polar surface area (TPSA) is 79.0 Å². The number of benzene rings is 1. The largest absolute Gasteiger partial charge is 0.490 e. The molecule has 8 heteroatoms. The van der Waals surface area contributed by atoms with Crippen LogP contribution in [0.15, 0.2) is 43.0 Å². The van der Waals surface area contributed by atoms with Gasteiger partial charge in [-0.1, -0.05) is 0 Å². The molecule has 1 aromatic carbocycles. The van der Waals surface area contributed by atoms with Gasteiger partial charge in [-0.2, -0.15) is 10.1 Å². The predicted molar refractivity (Wildman–Crippen MR) is 133 cm³/mol. The Kier molecular flexibility index (Phi) is 6.24. The zero-order chi connectivity index (χ0) is 23.7. The van der Waals surface area contributed by atoms with Gasteiger partial charge in [0.05, 0.1) is 12.3 Å². The van der Waals surface area contributed by atoms with Gasteiger partial charge in [0, 0.05) is 73.7 Å². The van der Waals surface area contributed by atoms with Crippen LogP contribution in [0.3, 0.4) is 0 Å². The van der Waals surface area contributed by atoms with Crippen LogP contribution in [0.25, 0.3) is 22.2 Å². The Labute approximate surface area is 199 Å². The maximum Gasteiger partial charge on any atom is 0.229 e. The molecule has 1 fully saturated rings. The van der Waals surface area contributed by atoms with Gasteiger partial charge in [0.2, 0.25) is 5.95 Å². The first-order valence-corrected chi connectivity index (χ1v) is 11.9. The summed E-state index contributed by atoms with van der Waals surface area (Å²) in [6.45, 7) is 8.82. The fourth-order valence-corrected chi connectivity index (χ4v) is 4.52. The van der Waals surface area contributed by atoms with Gasteiger partial charge in [-0.05, 0) is 57.2 Å². The molecule has 0 unspecified atom stereocenters. The van der Waals surface area contributed by atoms with E-state index in [1.54, 1.807) is 4.68 Å². The summed E-state index contributed by atoms with van der Waals surface area (Å²) in [6, 6.07) is 6.07. The van der Waals surface area contributed by atoms with E-state index in [0.717, 1.165) is 66.2 Å². The third kappa shape index (κ3) is 4.77. The van der Waals surface area contributed by atoms with Crippen LogP contribution in [0.2, 0.25) is 0 Å². The molecule has 178 valence electrons. The summed E-state index contributed by atoms with van der Waals surface area (Å²) in [5, 5.41) is 8.77. The van der Waals surface area contributed by atoms with Gasteiger partial charge < -0.3 is 19.4 Å². The second kappa shape index (κ2) is 9.46. The predicted octanol–water partition coefficient (Wildman–Crippen LogP) is 5.10. The summed E-state index contributed by atoms with van der Waals surface area (Å²) >= 11 is 0. The van der Waals surface area contributed by atoms with Gasteiger partial charge >= 0.3 is 0 Å². The van der Waals surface area contributed by atoms with Gasteiger partial charge in [0.25, 0.3) is 0 Å². The molecule has 5 rings (SSSR count). The second-order valence-corrected chi connectivity index (χ2v) is 9.36. The second-order valence-electron chi connectivity index (χ2n) is 9.36. The molecule has 1 aliphatic heterocycles. The van der Waals surface area contributed by atoms with Crippen LogP contribution in [-0.4, -0.2) is 43.6 Å². The highest BCUT2D eigenvalue weighted by Crippen LogP contribution is 2.34. The first-order valence-electron chi connectivity index (χ1n) is 11.9. The van der Waals surface area contributed by atoms with E-state index < -0.39 is 0 Å². The molecule has 0 aliphatic carbocycles. The molecule has 4 aromatic rings. The van der Waals surface area contributed by atoms with Gasteiger partial charge in [0.1, 0.15) is 11.4 Å². The normalized spacial score (nSPS) is 14.7. The van der Waals surface area contributed by atoms with E-state index in [1.807, 2.05) is 57.7 Å². The number of anilines is 2. The summed E-state index contributed by atoms with van der Waals surface area (Å²) in [7, 11) is 1.91. The lowest BCUT2D eigenvalue weighted by Gasteiger charge is -2.22. The van der Waals surface area contributed by atoms with Gasteiger partial charge in [0.15, 0.2) is 0 Å². The number of nitrogens with zero attached hydrogens (tertiary/aromatic N) is 5. The van der Waals surface area contributed by atoms with Crippen LogP contribution >= 0.6 is 0 Å². The van der Waals surface area contributed by atoms with Crippen LogP contribution in [0.4, 0.5) is 11.6 Å². The van der Waals surface area contributed by atoms with E-state index in [-0.39, 0.29) is 6.10 Å². The van der Waals surface area contributed by atoms with Crippen molar-refractivity contribution in [2.45, 2.75) is 46.3 Å². The Bertz CT molecular complexity index is 1290. The highest BCUT2D eigenvalue weighted by atomic mass is 16.5. The zero-order valence-corrected chi connectivity index (χ0v) is 20.3. The molecule has 1 N–H and O–H groups in total. The maximum absolute atomic E-state index is 6.13. The van der Waals surface area contributed by atoms with Crippen molar-refractivity contribution in [1.82, 2.24) is 24.3 Å². The minimum atomic E-state index is 0.0507. The van der Waals surface area contributed by atoms with Crippen molar-refractivity contribution in [3.05, 3.63) is 48.5 Å². The number of fused-ring (bicyclic) bond motifs is 1. The average Bonchev–Trinajstić information content (AvgIpc) is 3.37. The first kappa shape index (κ1) is 22.4. The number of aromatic nitrogens is 5. The van der Waals surface area contributed by atoms with Gasteiger partial charge in [-0.3, -0.25) is 4.68 Å². The minimum absolute atomic E-state index is 0.0507. The zero-order valence-electron chi connectivity index (χ0n) is 20.3. The highest BCUT2D eigenvalue weighted by molar-refractivity contribution is 5.81. The standard InChI is InChI=1S/C26H32N6O2/c1-17(2)34-24-11-21(5-6-22(24)20-12-28-31(4)16-20)29-26-27-13-23-18(3)14-32(25(23)30-26)15-19-7-9-33-10-8-19/h5-6,11-14,16-17,19H,7-10,15H2,1-4H3,(H,27,29,30). The third-order valence-electron chi connectivity index (χ3n) is 6.23. The Morgan fingerprint density at radius 2 is 2.00 bits per heavy atom. The smallest absolute Gasteiger partial charge is 0.229 e. The molecule has 1 saturated heterocycles. The maximum atomic E-state index is 6.13. The summed E-state index contributed by atoms with van der Waals surface area (Å²) in [5.41, 5.74) is 5.06. The molecule has 0 bridgehead atoms. The van der Waals surface area contributed by atoms with Gasteiger partial charge in [-0.15, -0.1) is 0 Å². The molecule has 3 aromatic heterocycles. The van der Waals surface area contributed by atoms with E-state index >= 15 is 0 Å². The van der Waals surface area contributed by atoms with Crippen LogP contribution in [0.1, 0.15) is 32.3 Å². The van der Waals surface area contributed by atoms with Crippen LogP contribution in [0, 0.1) is 12.8 Å². The lowest BCUT2D eigenvalue weighted by atomic mass is 10.0. The van der Waals surface area contributed by atoms with Gasteiger partial charge in [-0.25, -0.2) is 4.98 Å². The number of rotatable bonds is 7. The number of nitrogens with one attached hydrogen (secondary N) is 1. The molecule has 0 atom stereocenters. The van der Waals surface area contributed by atoms with Crippen molar-refractivity contribution in [3.8, 4) is 16.9 Å². The quantitative estimate of drug-likeness (QED) is 0.413. The Morgan fingerprint density at radius 3 is 2.74 bits per heavy atom. The molecule has 0 spiro atoms. The lowest BCUT2D eigenvalue weighted by Crippen LogP contribution is -2.20. The molecule has 0 radical (unpaired) electrons. The molecule has 4 heterocycles. The van der Waals surface area contributed by atoms with Crippen molar-refractivity contribution in [2.24, 2.45) is 13.0 Å². The lowest BCUT2D eigenvalue weighted by molar-refractivity contribution is 0.0616. The number of aryl methyl sites for hydroxylation is 2. The first-order chi connectivity index (χ1) is 16.5. The highest BCUT2D eigenvalue weighted by Gasteiger charge is 2.18. The van der Waals surface area contributed by atoms with Crippen molar-refractivity contribution < 1.29 is 9.47 Å². The van der Waals surface area contributed by atoms with E-state index in [4.69, 9.17) is 14.5 Å². The Balaban J connectivity index is 1.43. The molecule has 0 amide bonds. The van der Waals surface area contributed by atoms with Crippen molar-refractivity contribution in [2.75, 3.05) is 18.5 Å². The van der Waals surface area contributed by atoms with E-state index in [0.29, 0.717) is 11.9 Å². The van der Waals surface area contributed by atoms with Crippen LogP contribution < -0.4 is 10.1 Å². The SMILES string of the molecule is Cc1cn(CC2CCOCC2)c2nc(Nc3ccc(-c4cnn(C)c4)c(OC(C)C)c3)ncc12. The summed E-state index contributed by atoms with van der Waals surface area (Å²) < 4.78 is 15.7. The molecule has 8 nitrogen and oxygen atoms in total. The molecular weight excluding hydrogens is 428 g/mol. The molecular formula is C26H32N6O2. The Hall–Kier alpha value is -3.39. The minimum Gasteiger partial charge on any atom is -0.490 e. The molecule has 34 heavy (non-hydrogen) atoms. The Morgan fingerprint density at radius 1 is 1.18 bits per heavy atom. The number of ether oxygens (including phenoxy) is 2. The van der Waals surface area contributed by atoms with Crippen molar-refractivity contribution in [3.63, 3.8) is 0 Å². The molecule has 0 saturated carbocycles. The van der Waals surface area contributed by atoms with Crippen LogP contribution in [-0.2, 0) is 18.3 Å². The fraction of sp³-hybridized carbons (Fsp3) is 0.423. The van der Waals surface area contributed by atoms with Crippen LogP contribution in [0.5, 0.6) is 5.75 Å². The fourth-order valence-electron chi connectivity index (χ4n) is 4.52. The average molecular weight is 461 g/mol.